The van der Waals surface area contributed by atoms with Crippen LogP contribution in [0.1, 0.15) is 43.0 Å². The predicted octanol–water partition coefficient (Wildman–Crippen LogP) is 8.10. The molecule has 188 valence electrons. The first-order valence-corrected chi connectivity index (χ1v) is 13.4. The first kappa shape index (κ1) is 24.6. The lowest BCUT2D eigenvalue weighted by Gasteiger charge is -2.13. The molecule has 39 heavy (non-hydrogen) atoms. The van der Waals surface area contributed by atoms with Gasteiger partial charge >= 0.3 is 0 Å². The fraction of sp³-hybridized carbons (Fsp3) is 0.0588. The van der Waals surface area contributed by atoms with Crippen molar-refractivity contribution in [2.45, 2.75) is 13.8 Å². The molecule has 5 aromatic carbocycles. The van der Waals surface area contributed by atoms with E-state index in [1.54, 1.807) is 0 Å². The van der Waals surface area contributed by atoms with Crippen molar-refractivity contribution < 1.29 is 9.59 Å². The van der Waals surface area contributed by atoms with Crippen LogP contribution in [0, 0.1) is 13.8 Å². The minimum atomic E-state index is -0.0416. The molecule has 0 aliphatic carbocycles. The van der Waals surface area contributed by atoms with Crippen LogP contribution in [-0.4, -0.2) is 20.3 Å². The number of nitrogens with zero attached hydrogens (tertiary/aromatic N) is 2. The first-order valence-electron chi connectivity index (χ1n) is 12.7. The number of aromatic nitrogens is 2. The summed E-state index contributed by atoms with van der Waals surface area (Å²) in [6, 6.07) is 34.4. The largest absolute Gasteiger partial charge is 0.289 e. The molecule has 0 saturated carbocycles. The van der Waals surface area contributed by atoms with Crippen molar-refractivity contribution in [3.05, 3.63) is 143 Å². The number of aryl methyl sites for hydroxylation is 2. The van der Waals surface area contributed by atoms with Crippen LogP contribution in [0.3, 0.4) is 0 Å². The summed E-state index contributed by atoms with van der Waals surface area (Å²) in [5.74, 6) is -0.0832. The molecule has 1 heterocycles. The van der Waals surface area contributed by atoms with E-state index in [4.69, 9.17) is 0 Å². The van der Waals surface area contributed by atoms with Crippen molar-refractivity contribution in [2.24, 2.45) is 0 Å². The fourth-order valence-corrected chi connectivity index (χ4v) is 5.43. The minimum absolute atomic E-state index is 0.0416. The SMILES string of the molecule is Cc1ccc(C(=O)c2ccccc2-c2ccc(-c3ccccc3C(=O)c3ccc(C)cc3)c3nsnc23)cc1. The average Bonchev–Trinajstić information content (AvgIpc) is 3.47. The topological polar surface area (TPSA) is 59.9 Å². The van der Waals surface area contributed by atoms with Crippen LogP contribution in [0.25, 0.3) is 33.3 Å². The standard InChI is InChI=1S/C34H24N2O2S/c1-21-11-15-23(16-12-21)33(37)29-9-5-3-7-25(29)27-19-20-28(32-31(27)35-39-36-32)26-8-4-6-10-30(26)34(38)24-17-13-22(2)14-18-24/h3-20H,1-2H3. The maximum Gasteiger partial charge on any atom is 0.193 e. The highest BCUT2D eigenvalue weighted by Crippen LogP contribution is 2.38. The van der Waals surface area contributed by atoms with E-state index in [1.807, 2.05) is 123 Å². The molecule has 0 bridgehead atoms. The molecule has 6 rings (SSSR count). The quantitative estimate of drug-likeness (QED) is 0.207. The van der Waals surface area contributed by atoms with E-state index in [9.17, 15) is 9.59 Å². The Hall–Kier alpha value is -4.74. The van der Waals surface area contributed by atoms with Crippen molar-refractivity contribution in [1.29, 1.82) is 0 Å². The molecular weight excluding hydrogens is 500 g/mol. The number of fused-ring (bicyclic) bond motifs is 1. The number of carbonyl (C=O) groups excluding carboxylic acids is 2. The van der Waals surface area contributed by atoms with Crippen LogP contribution in [0.5, 0.6) is 0 Å². The lowest BCUT2D eigenvalue weighted by Crippen LogP contribution is -2.04. The summed E-state index contributed by atoms with van der Waals surface area (Å²) in [7, 11) is 0. The van der Waals surface area contributed by atoms with Gasteiger partial charge in [-0.15, -0.1) is 0 Å². The Morgan fingerprint density at radius 2 is 0.872 bits per heavy atom. The third kappa shape index (κ3) is 4.58. The lowest BCUT2D eigenvalue weighted by atomic mass is 9.89. The first-order chi connectivity index (χ1) is 19.0. The maximum absolute atomic E-state index is 13.5. The van der Waals surface area contributed by atoms with Crippen LogP contribution in [0.4, 0.5) is 0 Å². The van der Waals surface area contributed by atoms with Crippen molar-refractivity contribution in [3.63, 3.8) is 0 Å². The molecule has 0 aliphatic rings. The van der Waals surface area contributed by atoms with Gasteiger partial charge < -0.3 is 0 Å². The molecule has 0 radical (unpaired) electrons. The Morgan fingerprint density at radius 3 is 1.28 bits per heavy atom. The van der Waals surface area contributed by atoms with E-state index in [1.165, 1.54) is 0 Å². The number of benzene rings is 5. The van der Waals surface area contributed by atoms with Gasteiger partial charge in [-0.2, -0.15) is 8.75 Å². The normalized spacial score (nSPS) is 11.0. The van der Waals surface area contributed by atoms with Gasteiger partial charge in [0.05, 0.1) is 11.7 Å². The van der Waals surface area contributed by atoms with Gasteiger partial charge in [0, 0.05) is 33.4 Å². The van der Waals surface area contributed by atoms with E-state index < -0.39 is 0 Å². The number of hydrogen-bond donors (Lipinski definition) is 0. The average molecular weight is 525 g/mol. The number of carbonyl (C=O) groups is 2. The van der Waals surface area contributed by atoms with E-state index in [2.05, 4.69) is 8.75 Å². The second-order valence-electron chi connectivity index (χ2n) is 9.60. The van der Waals surface area contributed by atoms with Crippen molar-refractivity contribution in [2.75, 3.05) is 0 Å². The van der Waals surface area contributed by atoms with Crippen LogP contribution in [-0.2, 0) is 0 Å². The molecule has 0 unspecified atom stereocenters. The molecule has 0 aliphatic heterocycles. The van der Waals surface area contributed by atoms with Gasteiger partial charge in [-0.3, -0.25) is 9.59 Å². The summed E-state index contributed by atoms with van der Waals surface area (Å²) in [5, 5.41) is 0. The molecule has 0 spiro atoms. The molecule has 0 saturated heterocycles. The third-order valence-electron chi connectivity index (χ3n) is 6.97. The van der Waals surface area contributed by atoms with Crippen LogP contribution in [0.15, 0.2) is 109 Å². The zero-order valence-corrected chi connectivity index (χ0v) is 22.3. The number of ketones is 2. The van der Waals surface area contributed by atoms with Crippen LogP contribution in [0.2, 0.25) is 0 Å². The fourth-order valence-electron chi connectivity index (χ4n) is 4.85. The molecular formula is C34H24N2O2S. The van der Waals surface area contributed by atoms with Gasteiger partial charge in [0.1, 0.15) is 11.0 Å². The molecule has 5 heteroatoms. The van der Waals surface area contributed by atoms with Crippen molar-refractivity contribution >= 4 is 34.3 Å². The molecule has 0 amide bonds. The number of rotatable bonds is 6. The van der Waals surface area contributed by atoms with Gasteiger partial charge in [0.15, 0.2) is 11.6 Å². The zero-order chi connectivity index (χ0) is 26.9. The highest BCUT2D eigenvalue weighted by molar-refractivity contribution is 7.00. The highest BCUT2D eigenvalue weighted by Gasteiger charge is 2.21. The maximum atomic E-state index is 13.5. The second kappa shape index (κ2) is 10.2. The smallest absolute Gasteiger partial charge is 0.193 e. The second-order valence-corrected chi connectivity index (χ2v) is 10.1. The van der Waals surface area contributed by atoms with Gasteiger partial charge in [-0.05, 0) is 25.0 Å². The van der Waals surface area contributed by atoms with Crippen LogP contribution < -0.4 is 0 Å². The summed E-state index contributed by atoms with van der Waals surface area (Å²) >= 11 is 1.13. The summed E-state index contributed by atoms with van der Waals surface area (Å²) in [5.41, 5.74) is 9.39. The van der Waals surface area contributed by atoms with Gasteiger partial charge in [-0.25, -0.2) is 0 Å². The van der Waals surface area contributed by atoms with Crippen molar-refractivity contribution in [3.8, 4) is 22.3 Å². The molecule has 1 aromatic heterocycles. The molecule has 4 nitrogen and oxygen atoms in total. The Labute approximate surface area is 230 Å². The monoisotopic (exact) mass is 524 g/mol. The van der Waals surface area contributed by atoms with E-state index in [-0.39, 0.29) is 11.6 Å². The summed E-state index contributed by atoms with van der Waals surface area (Å²) in [6.07, 6.45) is 0. The summed E-state index contributed by atoms with van der Waals surface area (Å²) < 4.78 is 9.29. The van der Waals surface area contributed by atoms with Gasteiger partial charge in [0.2, 0.25) is 0 Å². The predicted molar refractivity (Wildman–Crippen MR) is 158 cm³/mol. The molecule has 6 aromatic rings. The summed E-state index contributed by atoms with van der Waals surface area (Å²) in [6.45, 7) is 4.00. The Balaban J connectivity index is 1.47. The van der Waals surface area contributed by atoms with E-state index in [0.717, 1.165) is 45.1 Å². The Kier molecular flexibility index (Phi) is 6.43. The Morgan fingerprint density at radius 1 is 0.487 bits per heavy atom. The Bertz CT molecular complexity index is 1720. The van der Waals surface area contributed by atoms with Gasteiger partial charge in [0.25, 0.3) is 0 Å². The third-order valence-corrected chi connectivity index (χ3v) is 7.50. The highest BCUT2D eigenvalue weighted by atomic mass is 32.1. The summed E-state index contributed by atoms with van der Waals surface area (Å²) in [4.78, 5) is 27.0. The minimum Gasteiger partial charge on any atom is -0.289 e. The van der Waals surface area contributed by atoms with Crippen molar-refractivity contribution in [1.82, 2.24) is 8.75 Å². The van der Waals surface area contributed by atoms with E-state index in [0.29, 0.717) is 33.3 Å². The molecule has 0 N–H and O–H groups in total. The number of hydrogen-bond acceptors (Lipinski definition) is 5. The van der Waals surface area contributed by atoms with Crippen LogP contribution >= 0.6 is 11.7 Å². The van der Waals surface area contributed by atoms with Gasteiger partial charge in [-0.1, -0.05) is 120 Å². The van der Waals surface area contributed by atoms with E-state index >= 15 is 0 Å². The molecule has 0 fully saturated rings. The molecule has 0 atom stereocenters. The lowest BCUT2D eigenvalue weighted by molar-refractivity contribution is 0.103. The zero-order valence-electron chi connectivity index (χ0n) is 21.5.